The molecule has 1 amide bonds. The molecule has 0 saturated carbocycles. The zero-order chi connectivity index (χ0) is 24.3. The summed E-state index contributed by atoms with van der Waals surface area (Å²) in [7, 11) is 0. The van der Waals surface area contributed by atoms with Crippen molar-refractivity contribution in [3.63, 3.8) is 0 Å². The molecule has 0 unspecified atom stereocenters. The number of alkyl halides is 3. The highest BCUT2D eigenvalue weighted by molar-refractivity contribution is 6.31. The molecule has 4 rings (SSSR count). The van der Waals surface area contributed by atoms with Crippen molar-refractivity contribution in [2.45, 2.75) is 44.8 Å². The molecular formula is C24H28ClF3N4O2. The highest BCUT2D eigenvalue weighted by Crippen LogP contribution is 2.35. The Balaban J connectivity index is 1.38. The van der Waals surface area contributed by atoms with Crippen LogP contribution in [0.2, 0.25) is 5.02 Å². The van der Waals surface area contributed by atoms with Crippen LogP contribution >= 0.6 is 11.6 Å². The number of carbonyl (C=O) groups excluding carboxylic acids is 1. The van der Waals surface area contributed by atoms with Gasteiger partial charge in [-0.1, -0.05) is 17.7 Å². The number of morpholine rings is 1. The minimum atomic E-state index is -4.48. The van der Waals surface area contributed by atoms with Crippen LogP contribution in [-0.2, 0) is 23.8 Å². The maximum Gasteiger partial charge on any atom is 0.417 e. The summed E-state index contributed by atoms with van der Waals surface area (Å²) in [5.41, 5.74) is 1.63. The Morgan fingerprint density at radius 3 is 2.47 bits per heavy atom. The van der Waals surface area contributed by atoms with E-state index in [0.717, 1.165) is 45.2 Å². The largest absolute Gasteiger partial charge is 0.417 e. The summed E-state index contributed by atoms with van der Waals surface area (Å²) < 4.78 is 44.2. The Morgan fingerprint density at radius 2 is 1.82 bits per heavy atom. The van der Waals surface area contributed by atoms with Crippen molar-refractivity contribution in [3.8, 4) is 0 Å². The van der Waals surface area contributed by atoms with Gasteiger partial charge in [0.05, 0.1) is 23.8 Å². The van der Waals surface area contributed by atoms with Crippen LogP contribution in [0.3, 0.4) is 0 Å². The van der Waals surface area contributed by atoms with Crippen LogP contribution in [-0.4, -0.2) is 71.1 Å². The molecule has 2 saturated heterocycles. The number of rotatable bonds is 5. The molecular weight excluding hydrogens is 469 g/mol. The minimum Gasteiger partial charge on any atom is -0.379 e. The van der Waals surface area contributed by atoms with Gasteiger partial charge in [0.1, 0.15) is 12.0 Å². The van der Waals surface area contributed by atoms with Crippen LogP contribution < -0.4 is 0 Å². The molecule has 2 aliphatic heterocycles. The second kappa shape index (κ2) is 10.6. The van der Waals surface area contributed by atoms with E-state index in [-0.39, 0.29) is 10.9 Å². The molecule has 34 heavy (non-hydrogen) atoms. The molecule has 0 bridgehead atoms. The maximum absolute atomic E-state index is 13.2. The highest BCUT2D eigenvalue weighted by atomic mass is 35.5. The molecule has 0 N–H and O–H groups in total. The van der Waals surface area contributed by atoms with E-state index in [4.69, 9.17) is 16.3 Å². The summed E-state index contributed by atoms with van der Waals surface area (Å²) >= 11 is 5.83. The lowest BCUT2D eigenvalue weighted by Gasteiger charge is -2.40. The molecule has 184 valence electrons. The number of amides is 1. The number of aromatic nitrogens is 2. The van der Waals surface area contributed by atoms with Gasteiger partial charge in [0.25, 0.3) is 5.91 Å². The van der Waals surface area contributed by atoms with E-state index in [9.17, 15) is 18.0 Å². The predicted octanol–water partition coefficient (Wildman–Crippen LogP) is 4.18. The summed E-state index contributed by atoms with van der Waals surface area (Å²) in [5.74, 6) is -0.0980. The van der Waals surface area contributed by atoms with Gasteiger partial charge in [0, 0.05) is 43.5 Å². The third-order valence-electron chi connectivity index (χ3n) is 6.69. The quantitative estimate of drug-likeness (QED) is 0.621. The maximum atomic E-state index is 13.2. The normalized spacial score (nSPS) is 18.3. The van der Waals surface area contributed by atoms with Crippen LogP contribution in [0.25, 0.3) is 0 Å². The third-order valence-corrected chi connectivity index (χ3v) is 7.01. The van der Waals surface area contributed by atoms with Crippen LogP contribution in [0.15, 0.2) is 24.5 Å². The number of nitrogens with zero attached hydrogens (tertiary/aromatic N) is 4. The SMILES string of the molecule is Cc1c(CCc2ccc(C(F)(F)F)c(Cl)c2)ncnc1C(=O)N1CCC(N2CCOCC2)CC1. The van der Waals surface area contributed by atoms with Crippen molar-refractivity contribution >= 4 is 17.5 Å². The molecule has 2 fully saturated rings. The first-order valence-corrected chi connectivity index (χ1v) is 11.9. The van der Waals surface area contributed by atoms with Crippen molar-refractivity contribution in [2.75, 3.05) is 39.4 Å². The van der Waals surface area contributed by atoms with Crippen molar-refractivity contribution in [2.24, 2.45) is 0 Å². The van der Waals surface area contributed by atoms with Gasteiger partial charge in [-0.2, -0.15) is 13.2 Å². The fourth-order valence-corrected chi connectivity index (χ4v) is 5.00. The summed E-state index contributed by atoms with van der Waals surface area (Å²) in [5, 5.41) is -0.319. The van der Waals surface area contributed by atoms with Gasteiger partial charge in [0.2, 0.25) is 0 Å². The van der Waals surface area contributed by atoms with E-state index in [1.54, 1.807) is 0 Å². The molecule has 3 heterocycles. The molecule has 2 aromatic rings. The van der Waals surface area contributed by atoms with Gasteiger partial charge >= 0.3 is 6.18 Å². The lowest BCUT2D eigenvalue weighted by atomic mass is 10.0. The highest BCUT2D eigenvalue weighted by Gasteiger charge is 2.33. The van der Waals surface area contributed by atoms with Gasteiger partial charge in [0.15, 0.2) is 0 Å². The number of aryl methyl sites for hydroxylation is 2. The molecule has 0 aliphatic carbocycles. The van der Waals surface area contributed by atoms with E-state index in [1.807, 2.05) is 11.8 Å². The molecule has 10 heteroatoms. The third kappa shape index (κ3) is 5.70. The number of ether oxygens (including phenoxy) is 1. The zero-order valence-corrected chi connectivity index (χ0v) is 19.8. The summed E-state index contributed by atoms with van der Waals surface area (Å²) in [6, 6.07) is 4.24. The van der Waals surface area contributed by atoms with Crippen LogP contribution in [0.5, 0.6) is 0 Å². The van der Waals surface area contributed by atoms with Gasteiger partial charge in [-0.15, -0.1) is 0 Å². The van der Waals surface area contributed by atoms with E-state index in [0.29, 0.717) is 54.5 Å². The van der Waals surface area contributed by atoms with Crippen molar-refractivity contribution < 1.29 is 22.7 Å². The smallest absolute Gasteiger partial charge is 0.379 e. The lowest BCUT2D eigenvalue weighted by molar-refractivity contribution is -0.137. The fraction of sp³-hybridized carbons (Fsp3) is 0.542. The molecule has 1 aromatic carbocycles. The average molecular weight is 497 g/mol. The predicted molar refractivity (Wildman–Crippen MR) is 122 cm³/mol. The molecule has 0 atom stereocenters. The number of likely N-dealkylation sites (tertiary alicyclic amines) is 1. The summed E-state index contributed by atoms with van der Waals surface area (Å²) in [6.45, 7) is 6.60. The second-order valence-electron chi connectivity index (χ2n) is 8.78. The average Bonchev–Trinajstić information content (AvgIpc) is 2.83. The van der Waals surface area contributed by atoms with Crippen LogP contribution in [0.4, 0.5) is 13.2 Å². The van der Waals surface area contributed by atoms with E-state index < -0.39 is 11.7 Å². The number of piperidine rings is 1. The topological polar surface area (TPSA) is 58.6 Å². The standard InChI is InChI=1S/C24H28ClF3N4O2/c1-16-21(5-3-17-2-4-19(20(25)14-17)24(26,27)28)29-15-30-22(16)23(33)32-8-6-18(7-9-32)31-10-12-34-13-11-31/h2,4,14-15,18H,3,5-13H2,1H3. The molecule has 1 aromatic heterocycles. The zero-order valence-electron chi connectivity index (χ0n) is 19.1. The first-order valence-electron chi connectivity index (χ1n) is 11.5. The van der Waals surface area contributed by atoms with Gasteiger partial charge in [-0.05, 0) is 50.3 Å². The van der Waals surface area contributed by atoms with Crippen LogP contribution in [0, 0.1) is 6.92 Å². The monoisotopic (exact) mass is 496 g/mol. The van der Waals surface area contributed by atoms with E-state index in [2.05, 4.69) is 14.9 Å². The first-order chi connectivity index (χ1) is 16.2. The molecule has 0 spiro atoms. The fourth-order valence-electron chi connectivity index (χ4n) is 4.69. The Kier molecular flexibility index (Phi) is 7.74. The van der Waals surface area contributed by atoms with Crippen LogP contribution in [0.1, 0.15) is 45.7 Å². The van der Waals surface area contributed by atoms with Crippen molar-refractivity contribution in [3.05, 3.63) is 57.6 Å². The first kappa shape index (κ1) is 24.9. The number of benzene rings is 1. The summed E-state index contributed by atoms with van der Waals surface area (Å²) in [6.07, 6.45) is -0.320. The van der Waals surface area contributed by atoms with E-state index >= 15 is 0 Å². The van der Waals surface area contributed by atoms with Gasteiger partial charge in [-0.3, -0.25) is 9.69 Å². The van der Waals surface area contributed by atoms with Gasteiger partial charge in [-0.25, -0.2) is 9.97 Å². The Morgan fingerprint density at radius 1 is 1.12 bits per heavy atom. The number of hydrogen-bond donors (Lipinski definition) is 0. The molecule has 0 radical (unpaired) electrons. The Bertz CT molecular complexity index is 1020. The Labute approximate surface area is 202 Å². The number of hydrogen-bond acceptors (Lipinski definition) is 5. The summed E-state index contributed by atoms with van der Waals surface area (Å²) in [4.78, 5) is 26.1. The number of carbonyl (C=O) groups is 1. The van der Waals surface area contributed by atoms with Crippen molar-refractivity contribution in [1.82, 2.24) is 19.8 Å². The molecule has 2 aliphatic rings. The van der Waals surface area contributed by atoms with E-state index in [1.165, 1.54) is 18.5 Å². The Hall–Kier alpha value is -2.23. The van der Waals surface area contributed by atoms with Gasteiger partial charge < -0.3 is 9.64 Å². The minimum absolute atomic E-state index is 0.0980. The number of halogens is 4. The molecule has 6 nitrogen and oxygen atoms in total. The lowest BCUT2D eigenvalue weighted by Crippen LogP contribution is -2.50. The van der Waals surface area contributed by atoms with Crippen molar-refractivity contribution in [1.29, 1.82) is 0 Å². The second-order valence-corrected chi connectivity index (χ2v) is 9.18.